The van der Waals surface area contributed by atoms with E-state index in [9.17, 15) is 30.8 Å². The monoisotopic (exact) mass is 423 g/mol. The van der Waals surface area contributed by atoms with E-state index in [1.807, 2.05) is 5.32 Å². The molecule has 0 aliphatic carbocycles. The summed E-state index contributed by atoms with van der Waals surface area (Å²) in [6, 6.07) is 6.61. The van der Waals surface area contributed by atoms with Crippen LogP contribution in [-0.2, 0) is 20.8 Å². The van der Waals surface area contributed by atoms with Crippen LogP contribution in [0.4, 0.5) is 23.2 Å². The molecule has 0 aromatic heterocycles. The van der Waals surface area contributed by atoms with Crippen LogP contribution in [-0.4, -0.2) is 19.1 Å². The summed E-state index contributed by atoms with van der Waals surface area (Å²) in [5.74, 6) is -2.44. The van der Waals surface area contributed by atoms with E-state index in [1.165, 1.54) is 24.3 Å². The van der Waals surface area contributed by atoms with Gasteiger partial charge < -0.3 is 5.32 Å². The van der Waals surface area contributed by atoms with Crippen molar-refractivity contribution in [2.45, 2.75) is 29.7 Å². The van der Waals surface area contributed by atoms with Crippen molar-refractivity contribution in [3.8, 4) is 0 Å². The maximum atomic E-state index is 13.9. The minimum atomic E-state index is -4.75. The van der Waals surface area contributed by atoms with Gasteiger partial charge in [0.05, 0.1) is 16.1 Å². The number of benzene rings is 2. The standard InChI is InChI=1S/C17H14ClF4NO3S/c1-16(2,27(25,26)12-6-4-11(18)5-7-12)15(24)23-14-8-3-10(9-13(14)19)17(20,21)22/h3-9H,1-2H3,(H,23,24). The van der Waals surface area contributed by atoms with Crippen molar-refractivity contribution in [3.63, 3.8) is 0 Å². The quantitative estimate of drug-likeness (QED) is 0.726. The van der Waals surface area contributed by atoms with Crippen molar-refractivity contribution in [1.29, 1.82) is 0 Å². The largest absolute Gasteiger partial charge is 0.416 e. The molecule has 10 heteroatoms. The van der Waals surface area contributed by atoms with E-state index in [0.717, 1.165) is 19.9 Å². The summed E-state index contributed by atoms with van der Waals surface area (Å²) >= 11 is 5.71. The third kappa shape index (κ3) is 4.24. The molecule has 0 atom stereocenters. The van der Waals surface area contributed by atoms with Gasteiger partial charge in [0.1, 0.15) is 10.6 Å². The van der Waals surface area contributed by atoms with Crippen LogP contribution in [0.15, 0.2) is 47.4 Å². The van der Waals surface area contributed by atoms with E-state index in [2.05, 4.69) is 0 Å². The number of anilines is 1. The highest BCUT2D eigenvalue weighted by molar-refractivity contribution is 7.93. The molecule has 0 unspecified atom stereocenters. The van der Waals surface area contributed by atoms with E-state index in [-0.39, 0.29) is 11.0 Å². The summed E-state index contributed by atoms with van der Waals surface area (Å²) in [6.07, 6.45) is -4.75. The zero-order chi connectivity index (χ0) is 20.6. The maximum Gasteiger partial charge on any atom is 0.416 e. The first-order valence-corrected chi connectivity index (χ1v) is 9.31. The zero-order valence-electron chi connectivity index (χ0n) is 14.1. The van der Waals surface area contributed by atoms with Gasteiger partial charge in [-0.1, -0.05) is 11.6 Å². The lowest BCUT2D eigenvalue weighted by Crippen LogP contribution is -2.44. The van der Waals surface area contributed by atoms with Gasteiger partial charge in [-0.15, -0.1) is 0 Å². The van der Waals surface area contributed by atoms with E-state index in [0.29, 0.717) is 11.1 Å². The minimum absolute atomic E-state index is 0.181. The Morgan fingerprint density at radius 3 is 2.07 bits per heavy atom. The molecule has 0 heterocycles. The number of amides is 1. The van der Waals surface area contributed by atoms with Crippen LogP contribution in [0.2, 0.25) is 5.02 Å². The molecule has 2 aromatic rings. The number of carbonyl (C=O) groups is 1. The molecular weight excluding hydrogens is 410 g/mol. The lowest BCUT2D eigenvalue weighted by Gasteiger charge is -2.24. The second-order valence-corrected chi connectivity index (χ2v) is 9.05. The number of alkyl halides is 3. The van der Waals surface area contributed by atoms with Gasteiger partial charge in [0.25, 0.3) is 0 Å². The first-order valence-electron chi connectivity index (χ1n) is 7.45. The lowest BCUT2D eigenvalue weighted by atomic mass is 10.1. The summed E-state index contributed by atoms with van der Waals surface area (Å²) in [5, 5.41) is 2.32. The zero-order valence-corrected chi connectivity index (χ0v) is 15.6. The molecule has 1 amide bonds. The molecular formula is C17H14ClF4NO3S. The smallest absolute Gasteiger partial charge is 0.322 e. The van der Waals surface area contributed by atoms with Crippen LogP contribution < -0.4 is 5.32 Å². The van der Waals surface area contributed by atoms with Crippen molar-refractivity contribution < 1.29 is 30.8 Å². The SMILES string of the molecule is CC(C)(C(=O)Nc1ccc(C(F)(F)F)cc1F)S(=O)(=O)c1ccc(Cl)cc1. The number of sulfone groups is 1. The van der Waals surface area contributed by atoms with Crippen LogP contribution >= 0.6 is 11.6 Å². The van der Waals surface area contributed by atoms with E-state index in [1.54, 1.807) is 0 Å². The Balaban J connectivity index is 2.32. The van der Waals surface area contributed by atoms with Gasteiger partial charge in [-0.25, -0.2) is 12.8 Å². The van der Waals surface area contributed by atoms with Crippen LogP contribution in [0.25, 0.3) is 0 Å². The molecule has 4 nitrogen and oxygen atoms in total. The molecule has 0 saturated carbocycles. The Morgan fingerprint density at radius 2 is 1.59 bits per heavy atom. The number of rotatable bonds is 4. The average molecular weight is 424 g/mol. The van der Waals surface area contributed by atoms with Crippen molar-refractivity contribution in [1.82, 2.24) is 0 Å². The van der Waals surface area contributed by atoms with Gasteiger partial charge in [0.15, 0.2) is 9.84 Å². The molecule has 0 aliphatic heterocycles. The molecule has 2 rings (SSSR count). The number of carbonyl (C=O) groups excluding carboxylic acids is 1. The third-order valence-electron chi connectivity index (χ3n) is 3.89. The van der Waals surface area contributed by atoms with E-state index < -0.39 is 43.7 Å². The Kier molecular flexibility index (Phi) is 5.58. The molecule has 0 saturated heterocycles. The lowest BCUT2D eigenvalue weighted by molar-refractivity contribution is -0.137. The van der Waals surface area contributed by atoms with Crippen molar-refractivity contribution in [2.75, 3.05) is 5.32 Å². The first-order chi connectivity index (χ1) is 12.3. The molecule has 0 radical (unpaired) electrons. The van der Waals surface area contributed by atoms with E-state index >= 15 is 0 Å². The average Bonchev–Trinajstić information content (AvgIpc) is 2.55. The predicted octanol–water partition coefficient (Wildman–Crippen LogP) is 4.69. The molecule has 0 fully saturated rings. The second-order valence-electron chi connectivity index (χ2n) is 6.11. The Morgan fingerprint density at radius 1 is 1.04 bits per heavy atom. The summed E-state index contributed by atoms with van der Waals surface area (Å²) in [7, 11) is -4.19. The molecule has 0 aliphatic rings. The number of hydrogen-bond acceptors (Lipinski definition) is 3. The van der Waals surface area contributed by atoms with Crippen molar-refractivity contribution >= 4 is 33.0 Å². The number of halogens is 5. The van der Waals surface area contributed by atoms with Gasteiger partial charge in [-0.2, -0.15) is 13.2 Å². The Hall–Kier alpha value is -2.13. The fraction of sp³-hybridized carbons (Fsp3) is 0.235. The van der Waals surface area contributed by atoms with Gasteiger partial charge in [-0.05, 0) is 56.3 Å². The van der Waals surface area contributed by atoms with Crippen LogP contribution in [0.5, 0.6) is 0 Å². The fourth-order valence-corrected chi connectivity index (χ4v) is 3.60. The normalized spacial score (nSPS) is 12.7. The topological polar surface area (TPSA) is 63.2 Å². The van der Waals surface area contributed by atoms with Gasteiger partial charge in [0.2, 0.25) is 5.91 Å². The van der Waals surface area contributed by atoms with Gasteiger partial charge >= 0.3 is 6.18 Å². The van der Waals surface area contributed by atoms with Crippen LogP contribution in [0.1, 0.15) is 19.4 Å². The predicted molar refractivity (Wildman–Crippen MR) is 92.7 cm³/mol. The molecule has 0 bridgehead atoms. The van der Waals surface area contributed by atoms with Crippen LogP contribution in [0.3, 0.4) is 0 Å². The van der Waals surface area contributed by atoms with Crippen LogP contribution in [0, 0.1) is 5.82 Å². The minimum Gasteiger partial charge on any atom is -0.322 e. The second kappa shape index (κ2) is 7.12. The fourth-order valence-electron chi connectivity index (χ4n) is 2.10. The molecule has 146 valence electrons. The maximum absolute atomic E-state index is 13.9. The molecule has 27 heavy (non-hydrogen) atoms. The highest BCUT2D eigenvalue weighted by atomic mass is 35.5. The molecule has 1 N–H and O–H groups in total. The Bertz CT molecular complexity index is 971. The summed E-state index contributed by atoms with van der Waals surface area (Å²) in [6.45, 7) is 2.21. The van der Waals surface area contributed by atoms with Crippen molar-refractivity contribution in [3.05, 3.63) is 58.9 Å². The summed E-state index contributed by atoms with van der Waals surface area (Å²) in [4.78, 5) is 12.3. The van der Waals surface area contributed by atoms with E-state index in [4.69, 9.17) is 11.6 Å². The number of hydrogen-bond donors (Lipinski definition) is 1. The molecule has 2 aromatic carbocycles. The van der Waals surface area contributed by atoms with Gasteiger partial charge in [0, 0.05) is 5.02 Å². The first kappa shape index (κ1) is 21.2. The third-order valence-corrected chi connectivity index (χ3v) is 6.56. The Labute approximate surface area is 158 Å². The number of nitrogens with one attached hydrogen (secondary N) is 1. The highest BCUT2D eigenvalue weighted by Gasteiger charge is 2.43. The summed E-state index contributed by atoms with van der Waals surface area (Å²) < 4.78 is 75.1. The molecule has 0 spiro atoms. The summed E-state index contributed by atoms with van der Waals surface area (Å²) in [5.41, 5.74) is -1.79. The highest BCUT2D eigenvalue weighted by Crippen LogP contribution is 2.32. The van der Waals surface area contributed by atoms with Crippen molar-refractivity contribution in [2.24, 2.45) is 0 Å². The van der Waals surface area contributed by atoms with Gasteiger partial charge in [-0.3, -0.25) is 4.79 Å².